The van der Waals surface area contributed by atoms with E-state index < -0.39 is 10.9 Å². The minimum Gasteiger partial charge on any atom is -0.493 e. The molecular formula is C12H9NO6S. The number of benzene rings is 1. The lowest BCUT2D eigenvalue weighted by Crippen LogP contribution is -1.93. The van der Waals surface area contributed by atoms with Crippen molar-refractivity contribution in [2.45, 2.75) is 0 Å². The standard InChI is InChI=1S/C12H9NO6S/c1-18-8-3-2-7(13(16)17)6-9(8)19-11-5-4-10(20-11)12(14)15/h2-6H,1H3,(H,14,15). The third-order valence-corrected chi connectivity index (χ3v) is 3.31. The number of nitro groups is 1. The van der Waals surface area contributed by atoms with Gasteiger partial charge in [0.1, 0.15) is 4.88 Å². The molecule has 2 aromatic rings. The minimum absolute atomic E-state index is 0.115. The Hall–Kier alpha value is -2.61. The van der Waals surface area contributed by atoms with Crippen LogP contribution in [0.15, 0.2) is 30.3 Å². The Kier molecular flexibility index (Phi) is 3.85. The van der Waals surface area contributed by atoms with E-state index in [-0.39, 0.29) is 16.3 Å². The Morgan fingerprint density at radius 1 is 1.30 bits per heavy atom. The highest BCUT2D eigenvalue weighted by Gasteiger charge is 2.15. The third-order valence-electron chi connectivity index (χ3n) is 2.36. The van der Waals surface area contributed by atoms with E-state index >= 15 is 0 Å². The van der Waals surface area contributed by atoms with Gasteiger partial charge in [0, 0.05) is 6.07 Å². The van der Waals surface area contributed by atoms with Crippen molar-refractivity contribution in [2.75, 3.05) is 7.11 Å². The van der Waals surface area contributed by atoms with Gasteiger partial charge >= 0.3 is 5.97 Å². The number of non-ortho nitro benzene ring substituents is 1. The van der Waals surface area contributed by atoms with Gasteiger partial charge in [-0.25, -0.2) is 4.79 Å². The van der Waals surface area contributed by atoms with E-state index in [1.807, 2.05) is 0 Å². The minimum atomic E-state index is -1.06. The maximum Gasteiger partial charge on any atom is 0.345 e. The highest BCUT2D eigenvalue weighted by atomic mass is 32.1. The Labute approximate surface area is 117 Å². The fourth-order valence-electron chi connectivity index (χ4n) is 1.46. The molecule has 2 rings (SSSR count). The molecule has 0 radical (unpaired) electrons. The molecule has 0 aliphatic heterocycles. The van der Waals surface area contributed by atoms with Crippen LogP contribution in [0.2, 0.25) is 0 Å². The van der Waals surface area contributed by atoms with Crippen LogP contribution in [0.3, 0.4) is 0 Å². The number of hydrogen-bond acceptors (Lipinski definition) is 6. The molecule has 0 bridgehead atoms. The maximum absolute atomic E-state index is 10.8. The van der Waals surface area contributed by atoms with E-state index in [9.17, 15) is 14.9 Å². The fraction of sp³-hybridized carbons (Fsp3) is 0.0833. The van der Waals surface area contributed by atoms with E-state index in [1.54, 1.807) is 0 Å². The highest BCUT2D eigenvalue weighted by Crippen LogP contribution is 2.37. The molecule has 0 fully saturated rings. The van der Waals surface area contributed by atoms with Gasteiger partial charge in [-0.3, -0.25) is 10.1 Å². The molecule has 1 aromatic carbocycles. The molecule has 1 heterocycles. The zero-order chi connectivity index (χ0) is 14.7. The summed E-state index contributed by atoms with van der Waals surface area (Å²) >= 11 is 0.922. The van der Waals surface area contributed by atoms with Crippen molar-refractivity contribution >= 4 is 23.0 Å². The summed E-state index contributed by atoms with van der Waals surface area (Å²) in [5.74, 6) is -0.586. The molecule has 0 aliphatic rings. The summed E-state index contributed by atoms with van der Waals surface area (Å²) in [6, 6.07) is 6.81. The number of carboxylic acids is 1. The first-order chi connectivity index (χ1) is 9.51. The van der Waals surface area contributed by atoms with Gasteiger partial charge in [-0.1, -0.05) is 11.3 Å². The summed E-state index contributed by atoms with van der Waals surface area (Å²) in [4.78, 5) is 21.1. The lowest BCUT2D eigenvalue weighted by atomic mass is 10.3. The van der Waals surface area contributed by atoms with Crippen LogP contribution >= 0.6 is 11.3 Å². The van der Waals surface area contributed by atoms with Gasteiger partial charge < -0.3 is 14.6 Å². The number of carboxylic acid groups (broad SMARTS) is 1. The van der Waals surface area contributed by atoms with Crippen molar-refractivity contribution in [3.63, 3.8) is 0 Å². The van der Waals surface area contributed by atoms with Gasteiger partial charge in [-0.05, 0) is 18.2 Å². The highest BCUT2D eigenvalue weighted by molar-refractivity contribution is 7.15. The number of ether oxygens (including phenoxy) is 2. The van der Waals surface area contributed by atoms with Crippen LogP contribution in [0, 0.1) is 10.1 Å². The van der Waals surface area contributed by atoms with E-state index in [0.29, 0.717) is 10.8 Å². The van der Waals surface area contributed by atoms with Crippen LogP contribution in [0.1, 0.15) is 9.67 Å². The Bertz CT molecular complexity index is 666. The van der Waals surface area contributed by atoms with Crippen molar-refractivity contribution in [3.8, 4) is 16.6 Å². The zero-order valence-corrected chi connectivity index (χ0v) is 11.0. The second-order valence-corrected chi connectivity index (χ2v) is 4.66. The van der Waals surface area contributed by atoms with E-state index in [1.165, 1.54) is 37.4 Å². The largest absolute Gasteiger partial charge is 0.493 e. The van der Waals surface area contributed by atoms with Crippen molar-refractivity contribution < 1.29 is 24.3 Å². The number of hydrogen-bond donors (Lipinski definition) is 1. The number of aromatic carboxylic acids is 1. The topological polar surface area (TPSA) is 98.9 Å². The SMILES string of the molecule is COc1ccc([N+](=O)[O-])cc1Oc1ccc(C(=O)O)s1. The van der Waals surface area contributed by atoms with Crippen LogP contribution in [-0.4, -0.2) is 23.1 Å². The van der Waals surface area contributed by atoms with Crippen LogP contribution in [0.5, 0.6) is 16.6 Å². The zero-order valence-electron chi connectivity index (χ0n) is 10.2. The predicted octanol–water partition coefficient (Wildman–Crippen LogP) is 3.16. The molecule has 7 nitrogen and oxygen atoms in total. The molecule has 0 spiro atoms. The Morgan fingerprint density at radius 3 is 2.60 bits per heavy atom. The maximum atomic E-state index is 10.8. The molecule has 20 heavy (non-hydrogen) atoms. The van der Waals surface area contributed by atoms with Crippen LogP contribution in [0.25, 0.3) is 0 Å². The lowest BCUT2D eigenvalue weighted by molar-refractivity contribution is -0.384. The van der Waals surface area contributed by atoms with Gasteiger partial charge in [-0.15, -0.1) is 0 Å². The third kappa shape index (κ3) is 2.86. The van der Waals surface area contributed by atoms with Gasteiger partial charge in [0.05, 0.1) is 18.1 Å². The van der Waals surface area contributed by atoms with E-state index in [2.05, 4.69) is 0 Å². The molecule has 104 valence electrons. The second kappa shape index (κ2) is 5.57. The number of nitrogens with zero attached hydrogens (tertiary/aromatic N) is 1. The summed E-state index contributed by atoms with van der Waals surface area (Å²) in [5, 5.41) is 19.9. The molecule has 0 unspecified atom stereocenters. The molecule has 1 aromatic heterocycles. The lowest BCUT2D eigenvalue weighted by Gasteiger charge is -2.08. The number of carbonyl (C=O) groups is 1. The monoisotopic (exact) mass is 295 g/mol. The molecule has 0 atom stereocenters. The summed E-state index contributed by atoms with van der Waals surface area (Å²) in [7, 11) is 1.41. The summed E-state index contributed by atoms with van der Waals surface area (Å²) in [6.45, 7) is 0. The van der Waals surface area contributed by atoms with Crippen LogP contribution in [0.4, 0.5) is 5.69 Å². The van der Waals surface area contributed by atoms with Crippen molar-refractivity contribution in [1.82, 2.24) is 0 Å². The Balaban J connectivity index is 2.32. The number of nitro benzene ring substituents is 1. The predicted molar refractivity (Wildman–Crippen MR) is 71.0 cm³/mol. The van der Waals surface area contributed by atoms with Gasteiger partial charge in [-0.2, -0.15) is 0 Å². The smallest absolute Gasteiger partial charge is 0.345 e. The average molecular weight is 295 g/mol. The number of thiophene rings is 1. The van der Waals surface area contributed by atoms with E-state index in [4.69, 9.17) is 14.6 Å². The first-order valence-corrected chi connectivity index (χ1v) is 6.16. The Morgan fingerprint density at radius 2 is 2.05 bits per heavy atom. The molecule has 1 N–H and O–H groups in total. The van der Waals surface area contributed by atoms with Crippen LogP contribution in [-0.2, 0) is 0 Å². The average Bonchev–Trinajstić information content (AvgIpc) is 2.87. The quantitative estimate of drug-likeness (QED) is 0.672. The van der Waals surface area contributed by atoms with Crippen LogP contribution < -0.4 is 9.47 Å². The molecule has 0 aliphatic carbocycles. The van der Waals surface area contributed by atoms with Gasteiger partial charge in [0.25, 0.3) is 5.69 Å². The molecule has 8 heteroatoms. The molecule has 0 saturated carbocycles. The summed E-state index contributed by atoms with van der Waals surface area (Å²) < 4.78 is 10.5. The first kappa shape index (κ1) is 13.8. The summed E-state index contributed by atoms with van der Waals surface area (Å²) in [6.07, 6.45) is 0. The molecular weight excluding hydrogens is 286 g/mol. The molecule has 0 amide bonds. The van der Waals surface area contributed by atoms with Crippen molar-refractivity contribution in [3.05, 3.63) is 45.3 Å². The summed E-state index contributed by atoms with van der Waals surface area (Å²) in [5.41, 5.74) is -0.143. The number of methoxy groups -OCH3 is 1. The normalized spacial score (nSPS) is 10.1. The number of rotatable bonds is 5. The second-order valence-electron chi connectivity index (χ2n) is 3.62. The van der Waals surface area contributed by atoms with Crippen molar-refractivity contribution in [1.29, 1.82) is 0 Å². The van der Waals surface area contributed by atoms with E-state index in [0.717, 1.165) is 11.3 Å². The fourth-order valence-corrected chi connectivity index (χ4v) is 2.16. The van der Waals surface area contributed by atoms with Gasteiger partial charge in [0.2, 0.25) is 0 Å². The van der Waals surface area contributed by atoms with Gasteiger partial charge in [0.15, 0.2) is 16.6 Å². The molecule has 0 saturated heterocycles. The van der Waals surface area contributed by atoms with Crippen molar-refractivity contribution in [2.24, 2.45) is 0 Å². The first-order valence-electron chi connectivity index (χ1n) is 5.34.